The van der Waals surface area contributed by atoms with Gasteiger partial charge in [0.1, 0.15) is 5.75 Å². The minimum atomic E-state index is -2.67. The van der Waals surface area contributed by atoms with Gasteiger partial charge in [0.05, 0.1) is 0 Å². The van der Waals surface area contributed by atoms with Crippen molar-refractivity contribution in [3.8, 4) is 5.75 Å². The molecule has 0 aliphatic heterocycles. The molecule has 1 aromatic rings. The quantitative estimate of drug-likeness (QED) is 0.659. The Bertz CT molecular complexity index is 806. The molecule has 0 spiro atoms. The predicted molar refractivity (Wildman–Crippen MR) is 114 cm³/mol. The molecule has 2 fully saturated rings. The van der Waals surface area contributed by atoms with E-state index in [0.717, 1.165) is 19.3 Å². The summed E-state index contributed by atoms with van der Waals surface area (Å²) in [4.78, 5) is 14.4. The lowest BCUT2D eigenvalue weighted by molar-refractivity contribution is -0.133. The molecule has 0 radical (unpaired) electrons. The number of fused-ring (bicyclic) bond motifs is 5. The van der Waals surface area contributed by atoms with Crippen LogP contribution in [0.2, 0.25) is 0 Å². The summed E-state index contributed by atoms with van der Waals surface area (Å²) in [5.41, 5.74) is 1.46. The predicted octanol–water partition coefficient (Wildman–Crippen LogP) is 5.76. The van der Waals surface area contributed by atoms with E-state index in [2.05, 4.69) is 0 Å². The van der Waals surface area contributed by atoms with Crippen molar-refractivity contribution in [2.24, 2.45) is 23.2 Å². The fourth-order valence-electron chi connectivity index (χ4n) is 7.13. The van der Waals surface area contributed by atoms with Crippen molar-refractivity contribution in [2.45, 2.75) is 77.6 Å². The maximum atomic E-state index is 15.3. The first-order valence-electron chi connectivity index (χ1n) is 11.7. The van der Waals surface area contributed by atoms with Gasteiger partial charge in [0.25, 0.3) is 5.92 Å². The first-order chi connectivity index (χ1) is 14.2. The molecule has 0 heterocycles. The lowest BCUT2D eigenvalue weighted by Crippen LogP contribution is -2.47. The number of carbonyl (C=O) groups is 1. The van der Waals surface area contributed by atoms with Crippen LogP contribution in [0.5, 0.6) is 5.75 Å². The van der Waals surface area contributed by atoms with Crippen LogP contribution in [-0.4, -0.2) is 34.9 Å². The molecule has 5 atom stereocenters. The maximum Gasteiger partial charge on any atom is 0.253 e. The SMILES string of the molecule is CCN(CC)C(=O)CC[C@@H]1CC(F)(F)[C@@]2(C)CC[C@@H]3c4ccc(O)cc4CC[C@H]3[C@H]12. The van der Waals surface area contributed by atoms with E-state index >= 15 is 8.78 Å². The van der Waals surface area contributed by atoms with Crippen molar-refractivity contribution < 1.29 is 18.7 Å². The first-order valence-corrected chi connectivity index (χ1v) is 11.7. The van der Waals surface area contributed by atoms with Crippen LogP contribution in [0, 0.1) is 23.2 Å². The average molecular weight is 420 g/mol. The van der Waals surface area contributed by atoms with Crippen LogP contribution in [0.25, 0.3) is 0 Å². The molecule has 166 valence electrons. The number of alkyl halides is 2. The van der Waals surface area contributed by atoms with E-state index in [9.17, 15) is 9.90 Å². The Morgan fingerprint density at radius 2 is 1.97 bits per heavy atom. The summed E-state index contributed by atoms with van der Waals surface area (Å²) in [6.07, 6.45) is 3.92. The fraction of sp³-hybridized carbons (Fsp3) is 0.720. The lowest BCUT2D eigenvalue weighted by Gasteiger charge is -2.51. The Morgan fingerprint density at radius 3 is 2.67 bits per heavy atom. The van der Waals surface area contributed by atoms with Crippen LogP contribution >= 0.6 is 0 Å². The Morgan fingerprint density at radius 1 is 1.23 bits per heavy atom. The van der Waals surface area contributed by atoms with Crippen molar-refractivity contribution in [1.82, 2.24) is 4.90 Å². The van der Waals surface area contributed by atoms with Crippen molar-refractivity contribution in [2.75, 3.05) is 13.1 Å². The second kappa shape index (κ2) is 7.80. The van der Waals surface area contributed by atoms with Crippen molar-refractivity contribution in [3.63, 3.8) is 0 Å². The van der Waals surface area contributed by atoms with Gasteiger partial charge in [0.2, 0.25) is 5.91 Å². The zero-order valence-electron chi connectivity index (χ0n) is 18.5. The number of benzene rings is 1. The summed E-state index contributed by atoms with van der Waals surface area (Å²) in [7, 11) is 0. The molecule has 4 rings (SSSR count). The number of aryl methyl sites for hydroxylation is 1. The van der Waals surface area contributed by atoms with Crippen LogP contribution < -0.4 is 0 Å². The van der Waals surface area contributed by atoms with Crippen molar-refractivity contribution >= 4 is 5.91 Å². The van der Waals surface area contributed by atoms with E-state index in [1.807, 2.05) is 32.9 Å². The van der Waals surface area contributed by atoms with Crippen LogP contribution in [0.3, 0.4) is 0 Å². The number of aromatic hydroxyl groups is 1. The highest BCUT2D eigenvalue weighted by molar-refractivity contribution is 5.76. The first kappa shape index (κ1) is 21.6. The number of hydrogen-bond donors (Lipinski definition) is 1. The van der Waals surface area contributed by atoms with Crippen LogP contribution in [0.1, 0.15) is 76.3 Å². The number of phenols is 1. The topological polar surface area (TPSA) is 40.5 Å². The van der Waals surface area contributed by atoms with E-state index in [0.29, 0.717) is 38.3 Å². The Balaban J connectivity index is 1.60. The summed E-state index contributed by atoms with van der Waals surface area (Å²) >= 11 is 0. The van der Waals surface area contributed by atoms with E-state index in [1.54, 1.807) is 11.0 Å². The maximum absolute atomic E-state index is 15.3. The molecule has 1 aromatic carbocycles. The third kappa shape index (κ3) is 3.33. The second-order valence-corrected chi connectivity index (χ2v) is 9.95. The molecular weight excluding hydrogens is 384 g/mol. The lowest BCUT2D eigenvalue weighted by atomic mass is 9.53. The highest BCUT2D eigenvalue weighted by atomic mass is 19.3. The molecule has 30 heavy (non-hydrogen) atoms. The molecule has 1 N–H and O–H groups in total. The molecule has 1 amide bonds. The van der Waals surface area contributed by atoms with Gasteiger partial charge in [-0.1, -0.05) is 13.0 Å². The molecule has 0 saturated heterocycles. The minimum Gasteiger partial charge on any atom is -0.508 e. The van der Waals surface area contributed by atoms with Gasteiger partial charge in [-0.3, -0.25) is 4.79 Å². The third-order valence-electron chi connectivity index (χ3n) is 8.67. The number of halogens is 2. The highest BCUT2D eigenvalue weighted by Crippen LogP contribution is 2.68. The zero-order valence-corrected chi connectivity index (χ0v) is 18.5. The van der Waals surface area contributed by atoms with E-state index in [-0.39, 0.29) is 35.8 Å². The van der Waals surface area contributed by atoms with E-state index < -0.39 is 11.3 Å². The molecule has 0 bridgehead atoms. The number of rotatable bonds is 5. The minimum absolute atomic E-state index is 0.0438. The standard InChI is InChI=1S/C25H35F2NO2/c1-4-28(5-2)22(30)11-7-17-15-25(26,27)24(3)13-12-20-19-10-8-18(29)14-16(19)6-9-21(20)23(17)24/h8,10,14,17,20-21,23,29H,4-7,9,11-13,15H2,1-3H3/t17-,20-,21-,23+,24+/m1/s1. The summed E-state index contributed by atoms with van der Waals surface area (Å²) in [6.45, 7) is 7.08. The third-order valence-corrected chi connectivity index (χ3v) is 8.67. The van der Waals surface area contributed by atoms with Crippen LogP contribution in [-0.2, 0) is 11.2 Å². The molecular formula is C25H35F2NO2. The molecule has 3 aliphatic carbocycles. The van der Waals surface area contributed by atoms with Gasteiger partial charge in [0.15, 0.2) is 0 Å². The zero-order chi connectivity index (χ0) is 21.7. The molecule has 3 nitrogen and oxygen atoms in total. The van der Waals surface area contributed by atoms with Gasteiger partial charge in [-0.2, -0.15) is 0 Å². The summed E-state index contributed by atoms with van der Waals surface area (Å²) in [5, 5.41) is 9.86. The summed E-state index contributed by atoms with van der Waals surface area (Å²) in [6, 6.07) is 5.59. The number of amides is 1. The molecule has 5 heteroatoms. The molecule has 3 aliphatic rings. The average Bonchev–Trinajstić information content (AvgIpc) is 2.92. The number of hydrogen-bond acceptors (Lipinski definition) is 2. The number of phenolic OH excluding ortho intramolecular Hbond substituents is 1. The van der Waals surface area contributed by atoms with Crippen LogP contribution in [0.4, 0.5) is 8.78 Å². The Labute approximate surface area is 178 Å². The number of carbonyl (C=O) groups excluding carboxylic acids is 1. The second-order valence-electron chi connectivity index (χ2n) is 9.95. The van der Waals surface area contributed by atoms with E-state index in [1.165, 1.54) is 11.1 Å². The van der Waals surface area contributed by atoms with E-state index in [4.69, 9.17) is 0 Å². The highest BCUT2D eigenvalue weighted by Gasteiger charge is 2.67. The smallest absolute Gasteiger partial charge is 0.253 e. The monoisotopic (exact) mass is 419 g/mol. The number of nitrogens with zero attached hydrogens (tertiary/aromatic N) is 1. The largest absolute Gasteiger partial charge is 0.508 e. The summed E-state index contributed by atoms with van der Waals surface area (Å²) in [5.74, 6) is -1.90. The van der Waals surface area contributed by atoms with Gasteiger partial charge < -0.3 is 10.0 Å². The molecule has 2 saturated carbocycles. The molecule has 0 unspecified atom stereocenters. The normalized spacial score (nSPS) is 34.0. The van der Waals surface area contributed by atoms with Crippen molar-refractivity contribution in [3.05, 3.63) is 29.3 Å². The van der Waals surface area contributed by atoms with Gasteiger partial charge in [0, 0.05) is 31.3 Å². The Kier molecular flexibility index (Phi) is 5.61. The van der Waals surface area contributed by atoms with Crippen molar-refractivity contribution in [1.29, 1.82) is 0 Å². The van der Waals surface area contributed by atoms with Gasteiger partial charge in [-0.25, -0.2) is 8.78 Å². The van der Waals surface area contributed by atoms with Gasteiger partial charge in [-0.15, -0.1) is 0 Å². The molecule has 0 aromatic heterocycles. The van der Waals surface area contributed by atoms with Crippen LogP contribution in [0.15, 0.2) is 18.2 Å². The Hall–Kier alpha value is -1.65. The summed E-state index contributed by atoms with van der Waals surface area (Å²) < 4.78 is 30.6. The fourth-order valence-corrected chi connectivity index (χ4v) is 7.13. The van der Waals surface area contributed by atoms with Gasteiger partial charge >= 0.3 is 0 Å². The van der Waals surface area contributed by atoms with Gasteiger partial charge in [-0.05, 0) is 92.9 Å².